The van der Waals surface area contributed by atoms with Crippen LogP contribution in [0, 0.1) is 5.41 Å². The van der Waals surface area contributed by atoms with Crippen molar-refractivity contribution in [3.63, 3.8) is 0 Å². The molecule has 0 aromatic heterocycles. The van der Waals surface area contributed by atoms with Crippen molar-refractivity contribution in [3.05, 3.63) is 0 Å². The summed E-state index contributed by atoms with van der Waals surface area (Å²) >= 11 is 0. The van der Waals surface area contributed by atoms with Gasteiger partial charge in [0.1, 0.15) is 0 Å². The van der Waals surface area contributed by atoms with Crippen molar-refractivity contribution in [1.29, 1.82) is 0 Å². The predicted octanol–water partition coefficient (Wildman–Crippen LogP) is -0.473. The molecule has 1 spiro atoms. The summed E-state index contributed by atoms with van der Waals surface area (Å²) in [5.41, 5.74) is 0.528. The normalized spacial score (nSPS) is 32.9. The van der Waals surface area contributed by atoms with Crippen molar-refractivity contribution in [1.82, 2.24) is 9.21 Å². The van der Waals surface area contributed by atoms with Crippen LogP contribution in [0.5, 0.6) is 0 Å². The standard InChI is InChI=1S/C7H14N2OS/c1-8-3-7(4-8)5-9(6-7)11(2)10/h3-6H2,1-2H3. The zero-order chi connectivity index (χ0) is 8.06. The number of hydrogen-bond donors (Lipinski definition) is 0. The van der Waals surface area contributed by atoms with Crippen LogP contribution in [0.25, 0.3) is 0 Å². The van der Waals surface area contributed by atoms with Gasteiger partial charge in [0, 0.05) is 37.8 Å². The fraction of sp³-hybridized carbons (Fsp3) is 1.00. The van der Waals surface area contributed by atoms with Crippen LogP contribution < -0.4 is 0 Å². The molecular weight excluding hydrogens is 160 g/mol. The minimum atomic E-state index is -0.734. The minimum absolute atomic E-state index is 0.528. The summed E-state index contributed by atoms with van der Waals surface area (Å²) in [6.45, 7) is 4.47. The van der Waals surface area contributed by atoms with Crippen molar-refractivity contribution in [3.8, 4) is 0 Å². The van der Waals surface area contributed by atoms with E-state index in [1.54, 1.807) is 6.26 Å². The van der Waals surface area contributed by atoms with Gasteiger partial charge in [0.2, 0.25) is 0 Å². The molecule has 2 heterocycles. The Balaban J connectivity index is 1.84. The van der Waals surface area contributed by atoms with Gasteiger partial charge >= 0.3 is 0 Å². The molecule has 0 aromatic carbocycles. The smallest absolute Gasteiger partial charge is 0.0911 e. The van der Waals surface area contributed by atoms with Gasteiger partial charge < -0.3 is 4.90 Å². The van der Waals surface area contributed by atoms with Gasteiger partial charge in [-0.15, -0.1) is 0 Å². The van der Waals surface area contributed by atoms with E-state index >= 15 is 0 Å². The Kier molecular flexibility index (Phi) is 1.60. The van der Waals surface area contributed by atoms with E-state index in [-0.39, 0.29) is 0 Å². The van der Waals surface area contributed by atoms with Gasteiger partial charge in [0.25, 0.3) is 0 Å². The fourth-order valence-corrected chi connectivity index (χ4v) is 3.09. The lowest BCUT2D eigenvalue weighted by atomic mass is 9.75. The van der Waals surface area contributed by atoms with E-state index in [1.807, 2.05) is 4.31 Å². The van der Waals surface area contributed by atoms with Gasteiger partial charge in [-0.1, -0.05) is 0 Å². The van der Waals surface area contributed by atoms with Gasteiger partial charge in [-0.2, -0.15) is 0 Å². The fourth-order valence-electron chi connectivity index (χ4n) is 2.18. The monoisotopic (exact) mass is 174 g/mol. The van der Waals surface area contributed by atoms with Crippen LogP contribution in [0.15, 0.2) is 0 Å². The maximum atomic E-state index is 11.0. The van der Waals surface area contributed by atoms with Crippen molar-refractivity contribution in [2.45, 2.75) is 0 Å². The molecule has 2 saturated heterocycles. The topological polar surface area (TPSA) is 23.6 Å². The molecule has 64 valence electrons. The molecular formula is C7H14N2OS. The molecule has 2 fully saturated rings. The van der Waals surface area contributed by atoms with Crippen LogP contribution in [-0.2, 0) is 11.0 Å². The van der Waals surface area contributed by atoms with Crippen molar-refractivity contribution < 1.29 is 4.21 Å². The Morgan fingerprint density at radius 3 is 2.18 bits per heavy atom. The lowest BCUT2D eigenvalue weighted by Gasteiger charge is -2.58. The van der Waals surface area contributed by atoms with Crippen molar-refractivity contribution in [2.24, 2.45) is 5.41 Å². The van der Waals surface area contributed by atoms with E-state index in [0.29, 0.717) is 5.41 Å². The molecule has 11 heavy (non-hydrogen) atoms. The highest BCUT2D eigenvalue weighted by molar-refractivity contribution is 7.81. The molecule has 3 nitrogen and oxygen atoms in total. The highest BCUT2D eigenvalue weighted by atomic mass is 32.2. The second-order valence-corrected chi connectivity index (χ2v) is 5.26. The number of hydrogen-bond acceptors (Lipinski definition) is 2. The second-order valence-electron chi connectivity index (χ2n) is 3.89. The predicted molar refractivity (Wildman–Crippen MR) is 45.6 cm³/mol. The highest BCUT2D eigenvalue weighted by Crippen LogP contribution is 2.38. The Morgan fingerprint density at radius 1 is 1.27 bits per heavy atom. The Bertz CT molecular complexity index is 193. The molecule has 0 radical (unpaired) electrons. The first kappa shape index (κ1) is 7.71. The van der Waals surface area contributed by atoms with Crippen LogP contribution >= 0.6 is 0 Å². The van der Waals surface area contributed by atoms with Gasteiger partial charge in [0.15, 0.2) is 0 Å². The molecule has 0 aromatic rings. The van der Waals surface area contributed by atoms with Gasteiger partial charge in [-0.25, -0.2) is 8.51 Å². The molecule has 2 rings (SSSR count). The zero-order valence-corrected chi connectivity index (χ0v) is 7.86. The molecule has 0 N–H and O–H groups in total. The first-order valence-electron chi connectivity index (χ1n) is 3.88. The summed E-state index contributed by atoms with van der Waals surface area (Å²) in [5.74, 6) is 0. The van der Waals surface area contributed by atoms with E-state index in [0.717, 1.165) is 13.1 Å². The van der Waals surface area contributed by atoms with Crippen molar-refractivity contribution >= 4 is 11.0 Å². The molecule has 2 aliphatic rings. The second kappa shape index (κ2) is 2.28. The quantitative estimate of drug-likeness (QED) is 0.536. The Morgan fingerprint density at radius 2 is 1.82 bits per heavy atom. The summed E-state index contributed by atoms with van der Waals surface area (Å²) < 4.78 is 13.0. The summed E-state index contributed by atoms with van der Waals surface area (Å²) in [6, 6.07) is 0. The zero-order valence-electron chi connectivity index (χ0n) is 7.04. The SMILES string of the molecule is CN1CC2(C1)CN(S(C)=O)C2. The minimum Gasteiger partial charge on any atom is -0.305 e. The lowest BCUT2D eigenvalue weighted by Crippen LogP contribution is -2.71. The van der Waals surface area contributed by atoms with Crippen molar-refractivity contribution in [2.75, 3.05) is 39.5 Å². The molecule has 0 bridgehead atoms. The maximum absolute atomic E-state index is 11.0. The molecule has 2 aliphatic heterocycles. The first-order valence-corrected chi connectivity index (χ1v) is 5.40. The summed E-state index contributed by atoms with van der Waals surface area (Å²) in [6.07, 6.45) is 1.76. The average molecular weight is 174 g/mol. The van der Waals surface area contributed by atoms with Crippen LogP contribution in [0.3, 0.4) is 0 Å². The molecule has 1 atom stereocenters. The molecule has 0 amide bonds. The van der Waals surface area contributed by atoms with E-state index in [1.165, 1.54) is 13.1 Å². The van der Waals surface area contributed by atoms with E-state index in [9.17, 15) is 4.21 Å². The number of likely N-dealkylation sites (tertiary alicyclic amines) is 1. The van der Waals surface area contributed by atoms with E-state index < -0.39 is 11.0 Å². The van der Waals surface area contributed by atoms with Gasteiger partial charge in [0.05, 0.1) is 11.0 Å². The Labute approximate surface area is 69.9 Å². The average Bonchev–Trinajstić information content (AvgIpc) is 1.73. The molecule has 0 saturated carbocycles. The number of nitrogens with zero attached hydrogens (tertiary/aromatic N) is 2. The largest absolute Gasteiger partial charge is 0.305 e. The Hall–Kier alpha value is 0.0700. The molecule has 1 unspecified atom stereocenters. The van der Waals surface area contributed by atoms with Crippen LogP contribution in [0.1, 0.15) is 0 Å². The van der Waals surface area contributed by atoms with Crippen LogP contribution in [-0.4, -0.2) is 52.9 Å². The number of rotatable bonds is 1. The molecule has 0 aliphatic carbocycles. The van der Waals surface area contributed by atoms with Crippen LogP contribution in [0.4, 0.5) is 0 Å². The lowest BCUT2D eigenvalue weighted by molar-refractivity contribution is -0.0650. The first-order chi connectivity index (χ1) is 5.11. The third-order valence-corrected chi connectivity index (χ3v) is 3.58. The van der Waals surface area contributed by atoms with Gasteiger partial charge in [-0.3, -0.25) is 0 Å². The summed E-state index contributed by atoms with van der Waals surface area (Å²) in [7, 11) is 1.40. The van der Waals surface area contributed by atoms with Gasteiger partial charge in [-0.05, 0) is 7.05 Å². The third-order valence-electron chi connectivity index (χ3n) is 2.60. The maximum Gasteiger partial charge on any atom is 0.0911 e. The third kappa shape index (κ3) is 1.13. The van der Waals surface area contributed by atoms with E-state index in [4.69, 9.17) is 0 Å². The summed E-state index contributed by atoms with van der Waals surface area (Å²) in [5, 5.41) is 0. The van der Waals surface area contributed by atoms with Crippen LogP contribution in [0.2, 0.25) is 0 Å². The molecule has 4 heteroatoms. The summed E-state index contributed by atoms with van der Waals surface area (Å²) in [4.78, 5) is 2.32. The van der Waals surface area contributed by atoms with E-state index in [2.05, 4.69) is 11.9 Å². The highest BCUT2D eigenvalue weighted by Gasteiger charge is 2.51.